The molecule has 0 amide bonds. The van der Waals surface area contributed by atoms with E-state index in [4.69, 9.17) is 5.21 Å². The van der Waals surface area contributed by atoms with Crippen LogP contribution in [0.5, 0.6) is 0 Å². The summed E-state index contributed by atoms with van der Waals surface area (Å²) in [6.45, 7) is 0. The minimum Gasteiger partial charge on any atom is -0.411 e. The molecule has 104 valence electrons. The summed E-state index contributed by atoms with van der Waals surface area (Å²) >= 11 is 0. The van der Waals surface area contributed by atoms with E-state index in [-0.39, 0.29) is 0 Å². The van der Waals surface area contributed by atoms with E-state index in [1.165, 1.54) is 11.1 Å². The Morgan fingerprint density at radius 2 is 1.37 bits per heavy atom. The monoisotopic (exact) mass is 261 g/mol. The van der Waals surface area contributed by atoms with Crippen LogP contribution in [0.1, 0.15) is 49.7 Å². The van der Waals surface area contributed by atoms with Gasteiger partial charge in [0.05, 0.1) is 11.8 Å². The summed E-state index contributed by atoms with van der Waals surface area (Å²) in [7, 11) is 0. The number of hydrogen-bond acceptors (Lipinski definition) is 3. The Balaban J connectivity index is 2.02. The average molecular weight is 261 g/mol. The van der Waals surface area contributed by atoms with Crippen LogP contribution < -0.4 is 0 Å². The lowest BCUT2D eigenvalue weighted by atomic mass is 9.97. The van der Waals surface area contributed by atoms with E-state index in [1.807, 2.05) is 0 Å². The van der Waals surface area contributed by atoms with Gasteiger partial charge in [-0.2, -0.15) is 0 Å². The molecule has 19 heavy (non-hydrogen) atoms. The molecule has 2 aliphatic rings. The highest BCUT2D eigenvalue weighted by molar-refractivity contribution is 5.87. The Bertz CT molecular complexity index is 411. The molecular formula is C16H23NO2. The van der Waals surface area contributed by atoms with E-state index in [0.29, 0.717) is 18.6 Å². The molecule has 1 unspecified atom stereocenters. The smallest absolute Gasteiger partial charge is 0.0954 e. The molecule has 3 heteroatoms. The van der Waals surface area contributed by atoms with E-state index in [1.54, 1.807) is 0 Å². The molecule has 0 saturated carbocycles. The van der Waals surface area contributed by atoms with Gasteiger partial charge in [-0.3, -0.25) is 0 Å². The maximum atomic E-state index is 9.98. The summed E-state index contributed by atoms with van der Waals surface area (Å²) < 4.78 is 0. The third kappa shape index (κ3) is 4.35. The third-order valence-electron chi connectivity index (χ3n) is 3.88. The molecule has 3 nitrogen and oxygen atoms in total. The van der Waals surface area contributed by atoms with Crippen molar-refractivity contribution in [2.45, 2.75) is 57.5 Å². The zero-order valence-corrected chi connectivity index (χ0v) is 11.4. The van der Waals surface area contributed by atoms with Crippen LogP contribution in [-0.4, -0.2) is 22.1 Å². The molecule has 0 saturated heterocycles. The molecule has 2 N–H and O–H groups in total. The number of oxime groups is 1. The number of aliphatic hydroxyl groups is 1. The fourth-order valence-electron chi connectivity index (χ4n) is 2.62. The molecule has 2 aliphatic carbocycles. The van der Waals surface area contributed by atoms with Crippen LogP contribution in [0.2, 0.25) is 0 Å². The largest absolute Gasteiger partial charge is 0.411 e. The van der Waals surface area contributed by atoms with Gasteiger partial charge < -0.3 is 10.3 Å². The molecule has 0 aromatic heterocycles. The van der Waals surface area contributed by atoms with Crippen molar-refractivity contribution in [2.75, 3.05) is 0 Å². The first-order chi connectivity index (χ1) is 9.29. The van der Waals surface area contributed by atoms with Crippen molar-refractivity contribution in [3.63, 3.8) is 0 Å². The van der Waals surface area contributed by atoms with E-state index >= 15 is 0 Å². The second kappa shape index (κ2) is 7.29. The van der Waals surface area contributed by atoms with Gasteiger partial charge in [0.25, 0.3) is 0 Å². The van der Waals surface area contributed by atoms with Gasteiger partial charge in [0.15, 0.2) is 0 Å². The topological polar surface area (TPSA) is 52.8 Å². The van der Waals surface area contributed by atoms with Gasteiger partial charge in [0, 0.05) is 0 Å². The van der Waals surface area contributed by atoms with Crippen molar-refractivity contribution in [2.24, 2.45) is 5.16 Å². The molecular weight excluding hydrogens is 238 g/mol. The summed E-state index contributed by atoms with van der Waals surface area (Å²) in [5.74, 6) is 0. The standard InChI is InChI=1S/C16H23NO2/c18-16-8-4-2-6-14-11-9-13(10-12-14)5-1-3-7-15(16)17-19/h9-12,16,18-19H,1-8H2/b17-15-. The first-order valence-corrected chi connectivity index (χ1v) is 7.26. The fraction of sp³-hybridized carbons (Fsp3) is 0.562. The van der Waals surface area contributed by atoms with Gasteiger partial charge in [0.2, 0.25) is 0 Å². The zero-order chi connectivity index (χ0) is 13.5. The first kappa shape index (κ1) is 14.1. The van der Waals surface area contributed by atoms with Crippen molar-refractivity contribution in [1.82, 2.24) is 0 Å². The third-order valence-corrected chi connectivity index (χ3v) is 3.88. The second-order valence-corrected chi connectivity index (χ2v) is 5.38. The summed E-state index contributed by atoms with van der Waals surface area (Å²) in [5.41, 5.74) is 3.28. The van der Waals surface area contributed by atoms with Crippen molar-refractivity contribution in [3.8, 4) is 0 Å². The Kier molecular flexibility index (Phi) is 5.40. The van der Waals surface area contributed by atoms with Crippen LogP contribution in [0.25, 0.3) is 0 Å². The lowest BCUT2D eigenvalue weighted by Gasteiger charge is -2.13. The number of aliphatic hydroxyl groups excluding tert-OH is 1. The van der Waals surface area contributed by atoms with Gasteiger partial charge in [-0.15, -0.1) is 0 Å². The lowest BCUT2D eigenvalue weighted by Crippen LogP contribution is -2.20. The predicted octanol–water partition coefficient (Wildman–Crippen LogP) is 3.32. The van der Waals surface area contributed by atoms with Crippen molar-refractivity contribution in [3.05, 3.63) is 35.4 Å². The molecule has 1 aromatic rings. The first-order valence-electron chi connectivity index (χ1n) is 7.26. The number of benzene rings is 1. The van der Waals surface area contributed by atoms with E-state index in [0.717, 1.165) is 38.5 Å². The maximum absolute atomic E-state index is 9.98. The van der Waals surface area contributed by atoms with Crippen LogP contribution in [-0.2, 0) is 12.8 Å². The van der Waals surface area contributed by atoms with Gasteiger partial charge >= 0.3 is 0 Å². The number of hydrogen-bond donors (Lipinski definition) is 2. The van der Waals surface area contributed by atoms with Crippen LogP contribution in [0.4, 0.5) is 0 Å². The summed E-state index contributed by atoms with van der Waals surface area (Å²) in [6, 6.07) is 8.88. The quantitative estimate of drug-likeness (QED) is 0.556. The van der Waals surface area contributed by atoms with Crippen LogP contribution >= 0.6 is 0 Å². The lowest BCUT2D eigenvalue weighted by molar-refractivity contribution is 0.213. The zero-order valence-electron chi connectivity index (χ0n) is 11.4. The molecule has 1 aromatic carbocycles. The van der Waals surface area contributed by atoms with Gasteiger partial charge in [0.1, 0.15) is 0 Å². The summed E-state index contributed by atoms with van der Waals surface area (Å²) in [4.78, 5) is 0. The van der Waals surface area contributed by atoms with Gasteiger partial charge in [-0.05, 0) is 56.1 Å². The van der Waals surface area contributed by atoms with E-state index in [9.17, 15) is 5.11 Å². The van der Waals surface area contributed by atoms with Crippen LogP contribution in [0.3, 0.4) is 0 Å². The molecule has 0 aliphatic heterocycles. The minimum absolute atomic E-state index is 0.547. The number of nitrogens with zero attached hydrogens (tertiary/aromatic N) is 1. The molecule has 0 spiro atoms. The number of aryl methyl sites for hydroxylation is 2. The highest BCUT2D eigenvalue weighted by Crippen LogP contribution is 2.15. The maximum Gasteiger partial charge on any atom is 0.0954 e. The highest BCUT2D eigenvalue weighted by atomic mass is 16.4. The normalized spacial score (nSPS) is 24.3. The molecule has 0 fully saturated rings. The van der Waals surface area contributed by atoms with Gasteiger partial charge in [-0.25, -0.2) is 0 Å². The Hall–Kier alpha value is -1.35. The average Bonchev–Trinajstić information content (AvgIpc) is 2.44. The number of fused-ring (bicyclic) bond motifs is 11. The van der Waals surface area contributed by atoms with Crippen LogP contribution in [0, 0.1) is 0 Å². The fourth-order valence-corrected chi connectivity index (χ4v) is 2.62. The Labute approximate surface area is 115 Å². The van der Waals surface area contributed by atoms with Crippen molar-refractivity contribution >= 4 is 5.71 Å². The molecule has 0 radical (unpaired) electrons. The van der Waals surface area contributed by atoms with E-state index in [2.05, 4.69) is 29.4 Å². The van der Waals surface area contributed by atoms with Crippen molar-refractivity contribution in [1.29, 1.82) is 0 Å². The number of rotatable bonds is 0. The Morgan fingerprint density at radius 3 is 1.95 bits per heavy atom. The van der Waals surface area contributed by atoms with Crippen LogP contribution in [0.15, 0.2) is 29.4 Å². The van der Waals surface area contributed by atoms with Gasteiger partial charge in [-0.1, -0.05) is 35.8 Å². The van der Waals surface area contributed by atoms with Crippen molar-refractivity contribution < 1.29 is 10.3 Å². The second-order valence-electron chi connectivity index (χ2n) is 5.38. The summed E-state index contributed by atoms with van der Waals surface area (Å²) in [6.07, 6.45) is 6.95. The molecule has 1 atom stereocenters. The SMILES string of the molecule is O/N=C1/CCCCc2ccc(cc2)CCCCC1O. The Morgan fingerprint density at radius 1 is 0.842 bits per heavy atom. The molecule has 0 heterocycles. The highest BCUT2D eigenvalue weighted by Gasteiger charge is 2.13. The minimum atomic E-state index is -0.575. The molecule has 3 rings (SSSR count). The predicted molar refractivity (Wildman–Crippen MR) is 76.8 cm³/mol. The van der Waals surface area contributed by atoms with E-state index < -0.39 is 6.10 Å². The molecule has 2 bridgehead atoms. The summed E-state index contributed by atoms with van der Waals surface area (Å²) in [5, 5.41) is 22.2.